The highest BCUT2D eigenvalue weighted by Crippen LogP contribution is 2.37. The highest BCUT2D eigenvalue weighted by atomic mass is 79.9. The summed E-state index contributed by atoms with van der Waals surface area (Å²) in [7, 11) is 0. The van der Waals surface area contributed by atoms with Crippen LogP contribution in [0.15, 0.2) is 16.6 Å². The number of hydrogen-bond donors (Lipinski definition) is 1. The van der Waals surface area contributed by atoms with Gasteiger partial charge in [-0.2, -0.15) is 0 Å². The molecule has 2 fully saturated rings. The van der Waals surface area contributed by atoms with Crippen LogP contribution < -0.4 is 10.6 Å². The minimum atomic E-state index is -0.313. The Hall–Kier alpha value is -0.810. The second-order valence-electron chi connectivity index (χ2n) is 4.93. The number of nitrogen functional groups attached to an aromatic ring is 1. The molecule has 0 radical (unpaired) electrons. The van der Waals surface area contributed by atoms with Crippen LogP contribution in [0.2, 0.25) is 0 Å². The van der Waals surface area contributed by atoms with Crippen molar-refractivity contribution in [3.8, 4) is 0 Å². The highest BCUT2D eigenvalue weighted by molar-refractivity contribution is 9.10. The third kappa shape index (κ3) is 1.99. The molecule has 2 unspecified atom stereocenters. The van der Waals surface area contributed by atoms with E-state index in [1.807, 2.05) is 0 Å². The van der Waals surface area contributed by atoms with Crippen LogP contribution in [0.4, 0.5) is 15.8 Å². The first-order valence-corrected chi connectivity index (χ1v) is 7.09. The summed E-state index contributed by atoms with van der Waals surface area (Å²) in [6.07, 6.45) is 3.73. The number of anilines is 2. The maximum atomic E-state index is 13.4. The van der Waals surface area contributed by atoms with Gasteiger partial charge in [0.2, 0.25) is 0 Å². The molecule has 3 nitrogen and oxygen atoms in total. The fourth-order valence-electron chi connectivity index (χ4n) is 3.03. The maximum Gasteiger partial charge on any atom is 0.139 e. The molecule has 2 N–H and O–H groups in total. The fourth-order valence-corrected chi connectivity index (χ4v) is 3.36. The van der Waals surface area contributed by atoms with Crippen LogP contribution in [-0.4, -0.2) is 25.3 Å². The molecule has 2 atom stereocenters. The van der Waals surface area contributed by atoms with Gasteiger partial charge in [0.15, 0.2) is 0 Å². The van der Waals surface area contributed by atoms with Gasteiger partial charge in [0.1, 0.15) is 5.82 Å². The van der Waals surface area contributed by atoms with E-state index in [0.29, 0.717) is 22.3 Å². The smallest absolute Gasteiger partial charge is 0.139 e. The maximum absolute atomic E-state index is 13.4. The number of nitrogens with zero attached hydrogens (tertiary/aromatic N) is 1. The third-order valence-electron chi connectivity index (χ3n) is 3.86. The number of halogens is 2. The normalized spacial score (nSPS) is 27.3. The first-order valence-electron chi connectivity index (χ1n) is 6.29. The highest BCUT2D eigenvalue weighted by Gasteiger charge is 2.36. The minimum absolute atomic E-state index is 0.307. The van der Waals surface area contributed by atoms with E-state index in [9.17, 15) is 4.39 Å². The lowest BCUT2D eigenvalue weighted by molar-refractivity contribution is 0.0257. The van der Waals surface area contributed by atoms with Gasteiger partial charge in [0.05, 0.1) is 34.6 Å². The van der Waals surface area contributed by atoms with Gasteiger partial charge in [-0.05, 0) is 41.3 Å². The van der Waals surface area contributed by atoms with Gasteiger partial charge in [-0.3, -0.25) is 0 Å². The Kier molecular flexibility index (Phi) is 3.20. The van der Waals surface area contributed by atoms with Gasteiger partial charge < -0.3 is 15.4 Å². The topological polar surface area (TPSA) is 38.5 Å². The minimum Gasteiger partial charge on any atom is -0.397 e. The molecule has 1 heterocycles. The van der Waals surface area contributed by atoms with E-state index in [0.717, 1.165) is 31.7 Å². The van der Waals surface area contributed by atoms with Crippen LogP contribution in [0, 0.1) is 5.82 Å². The van der Waals surface area contributed by atoms with Crippen LogP contribution in [0.5, 0.6) is 0 Å². The van der Waals surface area contributed by atoms with Gasteiger partial charge in [-0.1, -0.05) is 0 Å². The zero-order valence-corrected chi connectivity index (χ0v) is 11.6. The number of benzene rings is 1. The summed E-state index contributed by atoms with van der Waals surface area (Å²) in [6.45, 7) is 1.54. The molecule has 98 valence electrons. The molecular formula is C13H16BrFN2O. The zero-order chi connectivity index (χ0) is 12.7. The second-order valence-corrected chi connectivity index (χ2v) is 5.78. The molecule has 0 amide bonds. The summed E-state index contributed by atoms with van der Waals surface area (Å²) in [5.41, 5.74) is 7.38. The Bertz CT molecular complexity index is 469. The molecule has 1 saturated heterocycles. The molecule has 1 aliphatic carbocycles. The molecule has 3 rings (SSSR count). The van der Waals surface area contributed by atoms with E-state index in [1.165, 1.54) is 12.5 Å². The van der Waals surface area contributed by atoms with Crippen molar-refractivity contribution >= 4 is 27.3 Å². The Morgan fingerprint density at radius 1 is 1.39 bits per heavy atom. The second kappa shape index (κ2) is 4.70. The molecule has 0 bridgehead atoms. The molecule has 5 heteroatoms. The molecule has 1 aromatic rings. The quantitative estimate of drug-likeness (QED) is 0.810. The van der Waals surface area contributed by atoms with Crippen molar-refractivity contribution in [2.75, 3.05) is 23.8 Å². The largest absolute Gasteiger partial charge is 0.397 e. The van der Waals surface area contributed by atoms with Gasteiger partial charge >= 0.3 is 0 Å². The number of morpholine rings is 1. The summed E-state index contributed by atoms with van der Waals surface area (Å²) in [5.74, 6) is -0.313. The predicted molar refractivity (Wildman–Crippen MR) is 73.2 cm³/mol. The van der Waals surface area contributed by atoms with Crippen molar-refractivity contribution < 1.29 is 9.13 Å². The van der Waals surface area contributed by atoms with Crippen molar-refractivity contribution in [1.29, 1.82) is 0 Å². The van der Waals surface area contributed by atoms with Crippen molar-refractivity contribution in [3.05, 3.63) is 22.4 Å². The number of hydrogen-bond acceptors (Lipinski definition) is 3. The fraction of sp³-hybridized carbons (Fsp3) is 0.538. The summed E-state index contributed by atoms with van der Waals surface area (Å²) >= 11 is 3.23. The van der Waals surface area contributed by atoms with Gasteiger partial charge in [0, 0.05) is 12.6 Å². The molecule has 1 saturated carbocycles. The number of nitrogens with two attached hydrogens (primary N) is 1. The lowest BCUT2D eigenvalue weighted by Gasteiger charge is -2.40. The first-order chi connectivity index (χ1) is 8.66. The van der Waals surface area contributed by atoms with E-state index in [-0.39, 0.29) is 5.82 Å². The molecule has 0 aromatic heterocycles. The van der Waals surface area contributed by atoms with Crippen molar-refractivity contribution in [1.82, 2.24) is 0 Å². The Morgan fingerprint density at radius 2 is 2.22 bits per heavy atom. The SMILES string of the molecule is Nc1cc(F)c(Br)cc1N1CCOC2CCCC21. The number of ether oxygens (including phenoxy) is 1. The summed E-state index contributed by atoms with van der Waals surface area (Å²) in [5, 5.41) is 0. The van der Waals surface area contributed by atoms with E-state index in [4.69, 9.17) is 10.5 Å². The summed E-state index contributed by atoms with van der Waals surface area (Å²) < 4.78 is 19.7. The Labute approximate surface area is 114 Å². The lowest BCUT2D eigenvalue weighted by Crippen LogP contribution is -2.48. The average Bonchev–Trinajstić information content (AvgIpc) is 2.82. The van der Waals surface area contributed by atoms with Crippen LogP contribution in [0.1, 0.15) is 19.3 Å². The van der Waals surface area contributed by atoms with E-state index >= 15 is 0 Å². The molecule has 18 heavy (non-hydrogen) atoms. The number of rotatable bonds is 1. The van der Waals surface area contributed by atoms with E-state index in [2.05, 4.69) is 20.8 Å². The molecular weight excluding hydrogens is 299 g/mol. The molecule has 0 spiro atoms. The Morgan fingerprint density at radius 3 is 3.06 bits per heavy atom. The van der Waals surface area contributed by atoms with Crippen molar-refractivity contribution in [2.24, 2.45) is 0 Å². The van der Waals surface area contributed by atoms with Crippen LogP contribution in [0.25, 0.3) is 0 Å². The van der Waals surface area contributed by atoms with Crippen LogP contribution in [0.3, 0.4) is 0 Å². The lowest BCUT2D eigenvalue weighted by atomic mass is 10.1. The first kappa shape index (κ1) is 12.2. The number of fused-ring (bicyclic) bond motifs is 1. The van der Waals surface area contributed by atoms with E-state index in [1.54, 1.807) is 6.07 Å². The van der Waals surface area contributed by atoms with Gasteiger partial charge in [-0.25, -0.2) is 4.39 Å². The average molecular weight is 315 g/mol. The van der Waals surface area contributed by atoms with Crippen molar-refractivity contribution in [2.45, 2.75) is 31.4 Å². The Balaban J connectivity index is 1.96. The molecule has 1 aromatic carbocycles. The van der Waals surface area contributed by atoms with Gasteiger partial charge in [0.25, 0.3) is 0 Å². The predicted octanol–water partition coefficient (Wildman–Crippen LogP) is 2.93. The summed E-state index contributed by atoms with van der Waals surface area (Å²) in [4.78, 5) is 2.28. The third-order valence-corrected chi connectivity index (χ3v) is 4.47. The summed E-state index contributed by atoms with van der Waals surface area (Å²) in [6, 6.07) is 3.56. The molecule has 1 aliphatic heterocycles. The zero-order valence-electron chi connectivity index (χ0n) is 10.0. The van der Waals surface area contributed by atoms with Gasteiger partial charge in [-0.15, -0.1) is 0 Å². The molecule has 2 aliphatic rings. The monoisotopic (exact) mass is 314 g/mol. The van der Waals surface area contributed by atoms with Crippen molar-refractivity contribution in [3.63, 3.8) is 0 Å². The van der Waals surface area contributed by atoms with Crippen LogP contribution in [-0.2, 0) is 4.74 Å². The van der Waals surface area contributed by atoms with E-state index < -0.39 is 0 Å². The standard InChI is InChI=1S/C13H16BrFN2O/c14-8-6-12(10(16)7-9(8)15)17-4-5-18-13-3-1-2-11(13)17/h6-7,11,13H,1-5,16H2. The van der Waals surface area contributed by atoms with Crippen LogP contribution >= 0.6 is 15.9 Å².